The SMILES string of the molecule is Cc1cn2cccc(OCC(=O)Nc3c(C)cccc3C)c2n1. The van der Waals surface area contributed by atoms with E-state index in [2.05, 4.69) is 10.3 Å². The number of hydrogen-bond donors (Lipinski definition) is 1. The fourth-order valence-electron chi connectivity index (χ4n) is 2.55. The number of fused-ring (bicyclic) bond motifs is 1. The summed E-state index contributed by atoms with van der Waals surface area (Å²) in [7, 11) is 0. The Hall–Kier alpha value is -2.82. The number of carbonyl (C=O) groups is 1. The van der Waals surface area contributed by atoms with E-state index in [0.717, 1.165) is 22.5 Å². The highest BCUT2D eigenvalue weighted by Crippen LogP contribution is 2.21. The van der Waals surface area contributed by atoms with Crippen LogP contribution in [0.3, 0.4) is 0 Å². The second-order valence-electron chi connectivity index (χ2n) is 5.59. The number of aryl methyl sites for hydroxylation is 3. The normalized spacial score (nSPS) is 10.7. The van der Waals surface area contributed by atoms with Gasteiger partial charge in [-0.25, -0.2) is 4.98 Å². The van der Waals surface area contributed by atoms with Crippen LogP contribution in [0.25, 0.3) is 5.65 Å². The molecule has 2 heterocycles. The molecule has 0 fully saturated rings. The molecule has 118 valence electrons. The van der Waals surface area contributed by atoms with Crippen LogP contribution in [0.1, 0.15) is 16.8 Å². The van der Waals surface area contributed by atoms with Crippen LogP contribution >= 0.6 is 0 Å². The van der Waals surface area contributed by atoms with Crippen molar-refractivity contribution in [3.63, 3.8) is 0 Å². The van der Waals surface area contributed by atoms with Crippen molar-refractivity contribution in [2.24, 2.45) is 0 Å². The largest absolute Gasteiger partial charge is 0.480 e. The Balaban J connectivity index is 1.71. The van der Waals surface area contributed by atoms with Crippen LogP contribution in [0.5, 0.6) is 5.75 Å². The van der Waals surface area contributed by atoms with Crippen molar-refractivity contribution in [3.8, 4) is 5.75 Å². The minimum Gasteiger partial charge on any atom is -0.480 e. The average Bonchev–Trinajstić information content (AvgIpc) is 2.89. The van der Waals surface area contributed by atoms with Crippen LogP contribution in [0.2, 0.25) is 0 Å². The van der Waals surface area contributed by atoms with Crippen molar-refractivity contribution < 1.29 is 9.53 Å². The first-order chi connectivity index (χ1) is 11.0. The van der Waals surface area contributed by atoms with Gasteiger partial charge in [0.2, 0.25) is 0 Å². The van der Waals surface area contributed by atoms with Crippen molar-refractivity contribution in [2.45, 2.75) is 20.8 Å². The molecule has 2 aromatic heterocycles. The number of carbonyl (C=O) groups excluding carboxylic acids is 1. The number of nitrogens with zero attached hydrogens (tertiary/aromatic N) is 2. The zero-order valence-corrected chi connectivity index (χ0v) is 13.5. The molecule has 1 aromatic carbocycles. The number of aromatic nitrogens is 2. The lowest BCUT2D eigenvalue weighted by Crippen LogP contribution is -2.21. The van der Waals surface area contributed by atoms with Crippen LogP contribution in [0.4, 0.5) is 5.69 Å². The summed E-state index contributed by atoms with van der Waals surface area (Å²) in [5, 5.41) is 2.91. The highest BCUT2D eigenvalue weighted by Gasteiger charge is 2.10. The minimum atomic E-state index is -0.187. The van der Waals surface area contributed by atoms with Crippen molar-refractivity contribution in [1.82, 2.24) is 9.38 Å². The monoisotopic (exact) mass is 309 g/mol. The van der Waals surface area contributed by atoms with Gasteiger partial charge in [-0.1, -0.05) is 18.2 Å². The van der Waals surface area contributed by atoms with E-state index in [1.807, 2.05) is 67.9 Å². The number of rotatable bonds is 4. The van der Waals surface area contributed by atoms with E-state index < -0.39 is 0 Å². The molecule has 5 heteroatoms. The Morgan fingerprint density at radius 3 is 2.65 bits per heavy atom. The number of benzene rings is 1. The zero-order valence-electron chi connectivity index (χ0n) is 13.5. The zero-order chi connectivity index (χ0) is 16.4. The van der Waals surface area contributed by atoms with Gasteiger partial charge in [-0.2, -0.15) is 0 Å². The fourth-order valence-corrected chi connectivity index (χ4v) is 2.55. The molecule has 1 N–H and O–H groups in total. The Morgan fingerprint density at radius 1 is 1.17 bits per heavy atom. The number of nitrogens with one attached hydrogen (secondary N) is 1. The summed E-state index contributed by atoms with van der Waals surface area (Å²) in [6, 6.07) is 9.59. The predicted octanol–water partition coefficient (Wildman–Crippen LogP) is 3.28. The molecule has 0 bridgehead atoms. The molecule has 0 spiro atoms. The molecule has 1 amide bonds. The summed E-state index contributed by atoms with van der Waals surface area (Å²) in [5.74, 6) is 0.407. The van der Waals surface area contributed by atoms with E-state index in [1.54, 1.807) is 0 Å². The minimum absolute atomic E-state index is 0.0562. The molecule has 5 nitrogen and oxygen atoms in total. The predicted molar refractivity (Wildman–Crippen MR) is 90.0 cm³/mol. The van der Waals surface area contributed by atoms with Crippen molar-refractivity contribution in [3.05, 3.63) is 59.5 Å². The molecule has 23 heavy (non-hydrogen) atoms. The summed E-state index contributed by atoms with van der Waals surface area (Å²) < 4.78 is 7.53. The van der Waals surface area contributed by atoms with Crippen molar-refractivity contribution in [1.29, 1.82) is 0 Å². The van der Waals surface area contributed by atoms with Crippen LogP contribution in [-0.2, 0) is 4.79 Å². The first-order valence-corrected chi connectivity index (χ1v) is 7.48. The van der Waals surface area contributed by atoms with Gasteiger partial charge >= 0.3 is 0 Å². The molecule has 0 radical (unpaired) electrons. The number of hydrogen-bond acceptors (Lipinski definition) is 3. The van der Waals surface area contributed by atoms with Crippen molar-refractivity contribution >= 4 is 17.2 Å². The van der Waals surface area contributed by atoms with E-state index in [1.165, 1.54) is 0 Å². The Morgan fingerprint density at radius 2 is 1.91 bits per heavy atom. The summed E-state index contributed by atoms with van der Waals surface area (Å²) in [4.78, 5) is 16.6. The van der Waals surface area contributed by atoms with Gasteiger partial charge in [-0.3, -0.25) is 4.79 Å². The third kappa shape index (κ3) is 3.18. The number of anilines is 1. The van der Waals surface area contributed by atoms with Gasteiger partial charge in [0.05, 0.1) is 5.69 Å². The van der Waals surface area contributed by atoms with Gasteiger partial charge in [0.15, 0.2) is 18.0 Å². The summed E-state index contributed by atoms with van der Waals surface area (Å²) >= 11 is 0. The number of ether oxygens (including phenoxy) is 1. The molecule has 0 atom stereocenters. The molecule has 0 unspecified atom stereocenters. The topological polar surface area (TPSA) is 55.6 Å². The van der Waals surface area contributed by atoms with Gasteiger partial charge in [-0.05, 0) is 44.0 Å². The number of para-hydroxylation sites is 1. The quantitative estimate of drug-likeness (QED) is 0.804. The van der Waals surface area contributed by atoms with Crippen LogP contribution < -0.4 is 10.1 Å². The van der Waals surface area contributed by atoms with Crippen LogP contribution in [0, 0.1) is 20.8 Å². The first kappa shape index (κ1) is 15.1. The maximum atomic E-state index is 12.2. The summed E-state index contributed by atoms with van der Waals surface area (Å²) in [6.45, 7) is 5.80. The number of imidazole rings is 1. The van der Waals surface area contributed by atoms with Gasteiger partial charge in [0.25, 0.3) is 5.91 Å². The second-order valence-corrected chi connectivity index (χ2v) is 5.59. The molecule has 0 saturated carbocycles. The molecule has 0 aliphatic rings. The molecule has 3 aromatic rings. The van der Waals surface area contributed by atoms with Gasteiger partial charge in [-0.15, -0.1) is 0 Å². The molecule has 0 saturated heterocycles. The Bertz CT molecular complexity index is 848. The van der Waals surface area contributed by atoms with Gasteiger partial charge < -0.3 is 14.5 Å². The first-order valence-electron chi connectivity index (χ1n) is 7.48. The second kappa shape index (κ2) is 6.12. The van der Waals surface area contributed by atoms with Crippen LogP contribution in [-0.4, -0.2) is 21.9 Å². The molecule has 0 aliphatic heterocycles. The lowest BCUT2D eigenvalue weighted by molar-refractivity contribution is -0.118. The number of amides is 1. The third-order valence-electron chi connectivity index (χ3n) is 3.67. The lowest BCUT2D eigenvalue weighted by Gasteiger charge is -2.12. The maximum Gasteiger partial charge on any atom is 0.262 e. The molecule has 3 rings (SSSR count). The molecular formula is C18H19N3O2. The van der Waals surface area contributed by atoms with E-state index in [-0.39, 0.29) is 12.5 Å². The van der Waals surface area contributed by atoms with E-state index in [9.17, 15) is 4.79 Å². The third-order valence-corrected chi connectivity index (χ3v) is 3.67. The standard InChI is InChI=1S/C18H19N3O2/c1-12-6-4-7-13(2)17(12)20-16(22)11-23-15-8-5-9-21-10-14(3)19-18(15)21/h4-10H,11H2,1-3H3,(H,20,22). The smallest absolute Gasteiger partial charge is 0.262 e. The highest BCUT2D eigenvalue weighted by molar-refractivity contribution is 5.93. The van der Waals surface area contributed by atoms with Crippen LogP contribution in [0.15, 0.2) is 42.7 Å². The van der Waals surface area contributed by atoms with Gasteiger partial charge in [0, 0.05) is 18.1 Å². The fraction of sp³-hybridized carbons (Fsp3) is 0.222. The van der Waals surface area contributed by atoms with Gasteiger partial charge in [0.1, 0.15) is 0 Å². The van der Waals surface area contributed by atoms with E-state index in [0.29, 0.717) is 11.4 Å². The Labute approximate surface area is 134 Å². The summed E-state index contributed by atoms with van der Waals surface area (Å²) in [6.07, 6.45) is 3.82. The number of pyridine rings is 1. The molecule has 0 aliphatic carbocycles. The van der Waals surface area contributed by atoms with E-state index in [4.69, 9.17) is 4.74 Å². The highest BCUT2D eigenvalue weighted by atomic mass is 16.5. The van der Waals surface area contributed by atoms with E-state index >= 15 is 0 Å². The molecular weight excluding hydrogens is 290 g/mol. The maximum absolute atomic E-state index is 12.2. The average molecular weight is 309 g/mol. The lowest BCUT2D eigenvalue weighted by atomic mass is 10.1. The Kier molecular flexibility index (Phi) is 4.02. The summed E-state index contributed by atoms with van der Waals surface area (Å²) in [5.41, 5.74) is 4.52. The van der Waals surface area contributed by atoms with Crippen molar-refractivity contribution in [2.75, 3.05) is 11.9 Å².